The summed E-state index contributed by atoms with van der Waals surface area (Å²) in [6.07, 6.45) is 2.63. The maximum absolute atomic E-state index is 3.42. The Morgan fingerprint density at radius 2 is 1.85 bits per heavy atom. The van der Waals surface area contributed by atoms with Gasteiger partial charge in [0, 0.05) is 32.7 Å². The molecule has 1 aromatic rings. The topological polar surface area (TPSA) is 18.5 Å². The summed E-state index contributed by atoms with van der Waals surface area (Å²) in [6, 6.07) is 9.33. The van der Waals surface area contributed by atoms with Gasteiger partial charge in [0.1, 0.15) is 0 Å². The summed E-state index contributed by atoms with van der Waals surface area (Å²) in [6.45, 7) is 8.22. The zero-order chi connectivity index (χ0) is 13.8. The fraction of sp³-hybridized carbons (Fsp3) is 0.647. The lowest BCUT2D eigenvalue weighted by molar-refractivity contribution is 0.233. The highest BCUT2D eigenvalue weighted by Crippen LogP contribution is 2.28. The average molecular weight is 273 g/mol. The van der Waals surface area contributed by atoms with Crippen molar-refractivity contribution in [3.63, 3.8) is 0 Å². The number of hydrogen-bond donors (Lipinski definition) is 1. The van der Waals surface area contributed by atoms with Crippen LogP contribution < -0.4 is 5.32 Å². The van der Waals surface area contributed by atoms with Crippen molar-refractivity contribution in [3.8, 4) is 0 Å². The van der Waals surface area contributed by atoms with Gasteiger partial charge in [-0.1, -0.05) is 24.3 Å². The minimum atomic E-state index is 0.772. The molecule has 1 aromatic carbocycles. The maximum atomic E-state index is 3.42. The molecule has 0 radical (unpaired) electrons. The quantitative estimate of drug-likeness (QED) is 0.907. The molecule has 2 saturated heterocycles. The lowest BCUT2D eigenvalue weighted by atomic mass is 9.89. The van der Waals surface area contributed by atoms with Crippen molar-refractivity contribution in [2.75, 3.05) is 46.3 Å². The van der Waals surface area contributed by atoms with E-state index in [1.54, 1.807) is 5.56 Å². The van der Waals surface area contributed by atoms with Crippen molar-refractivity contribution in [3.05, 3.63) is 35.4 Å². The van der Waals surface area contributed by atoms with Crippen molar-refractivity contribution < 1.29 is 0 Å². The molecule has 0 spiro atoms. The van der Waals surface area contributed by atoms with Gasteiger partial charge in [0.2, 0.25) is 0 Å². The van der Waals surface area contributed by atoms with Gasteiger partial charge in [-0.15, -0.1) is 0 Å². The molecule has 110 valence electrons. The van der Waals surface area contributed by atoms with E-state index in [1.807, 2.05) is 0 Å². The summed E-state index contributed by atoms with van der Waals surface area (Å²) < 4.78 is 0. The third kappa shape index (κ3) is 3.60. The van der Waals surface area contributed by atoms with E-state index in [9.17, 15) is 0 Å². The van der Waals surface area contributed by atoms with Crippen LogP contribution in [-0.4, -0.2) is 56.1 Å². The van der Waals surface area contributed by atoms with Gasteiger partial charge < -0.3 is 10.2 Å². The molecule has 20 heavy (non-hydrogen) atoms. The summed E-state index contributed by atoms with van der Waals surface area (Å²) in [7, 11) is 2.23. The minimum Gasteiger partial charge on any atom is -0.314 e. The van der Waals surface area contributed by atoms with Gasteiger partial charge in [-0.05, 0) is 50.0 Å². The third-order valence-electron chi connectivity index (χ3n) is 4.76. The Bertz CT molecular complexity index is 418. The number of benzene rings is 1. The molecule has 0 amide bonds. The zero-order valence-electron chi connectivity index (χ0n) is 12.6. The molecular weight excluding hydrogens is 246 g/mol. The van der Waals surface area contributed by atoms with E-state index >= 15 is 0 Å². The largest absolute Gasteiger partial charge is 0.314 e. The molecule has 2 heterocycles. The highest BCUT2D eigenvalue weighted by atomic mass is 15.2. The molecule has 1 N–H and O–H groups in total. The molecule has 0 aromatic heterocycles. The minimum absolute atomic E-state index is 0.772. The standard InChI is InChI=1S/C17H27N3/c1-19-9-5-16(6-10-19)17-4-2-3-15(13-17)14-20-11-7-18-8-12-20/h2-4,13,16,18H,5-12,14H2,1H3. The van der Waals surface area contributed by atoms with Gasteiger partial charge in [0.25, 0.3) is 0 Å². The summed E-state index contributed by atoms with van der Waals surface area (Å²) >= 11 is 0. The predicted molar refractivity (Wildman–Crippen MR) is 84.1 cm³/mol. The van der Waals surface area contributed by atoms with Gasteiger partial charge in [-0.2, -0.15) is 0 Å². The molecule has 2 aliphatic heterocycles. The van der Waals surface area contributed by atoms with Gasteiger partial charge in [-0.3, -0.25) is 4.90 Å². The SMILES string of the molecule is CN1CCC(c2cccc(CN3CCNCC3)c2)CC1. The predicted octanol–water partition coefficient (Wildman–Crippen LogP) is 1.90. The van der Waals surface area contributed by atoms with Crippen LogP contribution in [0.1, 0.15) is 29.9 Å². The van der Waals surface area contributed by atoms with Crippen molar-refractivity contribution in [1.29, 1.82) is 0 Å². The van der Waals surface area contributed by atoms with E-state index in [0.717, 1.165) is 25.6 Å². The number of nitrogens with one attached hydrogen (secondary N) is 1. The second kappa shape index (κ2) is 6.70. The van der Waals surface area contributed by atoms with Crippen LogP contribution in [0.5, 0.6) is 0 Å². The summed E-state index contributed by atoms with van der Waals surface area (Å²) in [5.41, 5.74) is 3.05. The second-order valence-electron chi connectivity index (χ2n) is 6.35. The first kappa shape index (κ1) is 14.1. The molecule has 2 fully saturated rings. The molecule has 0 bridgehead atoms. The molecule has 3 nitrogen and oxygen atoms in total. The van der Waals surface area contributed by atoms with Gasteiger partial charge in [0.15, 0.2) is 0 Å². The monoisotopic (exact) mass is 273 g/mol. The van der Waals surface area contributed by atoms with Crippen LogP contribution in [0.2, 0.25) is 0 Å². The van der Waals surface area contributed by atoms with Crippen LogP contribution >= 0.6 is 0 Å². The van der Waals surface area contributed by atoms with E-state index in [2.05, 4.69) is 46.4 Å². The van der Waals surface area contributed by atoms with Crippen molar-refractivity contribution >= 4 is 0 Å². The lowest BCUT2D eigenvalue weighted by Crippen LogP contribution is -2.42. The van der Waals surface area contributed by atoms with Crippen molar-refractivity contribution in [2.24, 2.45) is 0 Å². The van der Waals surface area contributed by atoms with Crippen LogP contribution in [0.25, 0.3) is 0 Å². The van der Waals surface area contributed by atoms with Crippen molar-refractivity contribution in [2.45, 2.75) is 25.3 Å². The third-order valence-corrected chi connectivity index (χ3v) is 4.76. The fourth-order valence-electron chi connectivity index (χ4n) is 3.41. The van der Waals surface area contributed by atoms with Crippen LogP contribution in [0.15, 0.2) is 24.3 Å². The number of nitrogens with zero attached hydrogens (tertiary/aromatic N) is 2. The van der Waals surface area contributed by atoms with E-state index in [0.29, 0.717) is 0 Å². The number of likely N-dealkylation sites (tertiary alicyclic amines) is 1. The first-order valence-corrected chi connectivity index (χ1v) is 8.02. The first-order chi connectivity index (χ1) is 9.81. The van der Waals surface area contributed by atoms with E-state index in [4.69, 9.17) is 0 Å². The highest BCUT2D eigenvalue weighted by Gasteiger charge is 2.18. The zero-order valence-corrected chi connectivity index (χ0v) is 12.6. The fourth-order valence-corrected chi connectivity index (χ4v) is 3.41. The molecule has 3 heteroatoms. The summed E-state index contributed by atoms with van der Waals surface area (Å²) in [4.78, 5) is 5.01. The van der Waals surface area contributed by atoms with Gasteiger partial charge in [0.05, 0.1) is 0 Å². The summed E-state index contributed by atoms with van der Waals surface area (Å²) in [5, 5.41) is 3.42. The van der Waals surface area contributed by atoms with E-state index in [1.165, 1.54) is 44.6 Å². The Balaban J connectivity index is 1.63. The lowest BCUT2D eigenvalue weighted by Gasteiger charge is -2.30. The number of piperazine rings is 1. The van der Waals surface area contributed by atoms with Crippen LogP contribution in [0.3, 0.4) is 0 Å². The molecule has 0 atom stereocenters. The van der Waals surface area contributed by atoms with Gasteiger partial charge >= 0.3 is 0 Å². The Kier molecular flexibility index (Phi) is 4.71. The summed E-state index contributed by atoms with van der Waals surface area (Å²) in [5.74, 6) is 0.772. The van der Waals surface area contributed by atoms with Crippen LogP contribution in [0.4, 0.5) is 0 Å². The number of piperidine rings is 1. The average Bonchev–Trinajstić information content (AvgIpc) is 2.49. The van der Waals surface area contributed by atoms with Crippen molar-refractivity contribution in [1.82, 2.24) is 15.1 Å². The molecule has 2 aliphatic rings. The Hall–Kier alpha value is -0.900. The Morgan fingerprint density at radius 3 is 2.60 bits per heavy atom. The second-order valence-corrected chi connectivity index (χ2v) is 6.35. The van der Waals surface area contributed by atoms with Crippen LogP contribution in [0, 0.1) is 0 Å². The molecule has 0 unspecified atom stereocenters. The van der Waals surface area contributed by atoms with E-state index < -0.39 is 0 Å². The van der Waals surface area contributed by atoms with E-state index in [-0.39, 0.29) is 0 Å². The highest BCUT2D eigenvalue weighted by molar-refractivity contribution is 5.27. The maximum Gasteiger partial charge on any atom is 0.0234 e. The first-order valence-electron chi connectivity index (χ1n) is 8.02. The molecule has 0 aliphatic carbocycles. The molecule has 3 rings (SSSR count). The Labute approximate surface area is 123 Å². The number of hydrogen-bond acceptors (Lipinski definition) is 3. The van der Waals surface area contributed by atoms with Gasteiger partial charge in [-0.25, -0.2) is 0 Å². The smallest absolute Gasteiger partial charge is 0.0234 e. The molecule has 0 saturated carbocycles. The molecular formula is C17H27N3. The van der Waals surface area contributed by atoms with Crippen LogP contribution in [-0.2, 0) is 6.54 Å². The Morgan fingerprint density at radius 1 is 1.10 bits per heavy atom. The normalized spacial score (nSPS) is 23.1. The number of rotatable bonds is 3.